The zero-order chi connectivity index (χ0) is 18.4. The van der Waals surface area contributed by atoms with Gasteiger partial charge in [-0.1, -0.05) is 60.7 Å². The number of carbonyl (C=O) groups is 2. The molecule has 1 aliphatic rings. The summed E-state index contributed by atoms with van der Waals surface area (Å²) in [5, 5.41) is 2.76. The van der Waals surface area contributed by atoms with E-state index in [0.29, 0.717) is 19.5 Å². The highest BCUT2D eigenvalue weighted by Crippen LogP contribution is 2.12. The molecule has 1 fully saturated rings. The Kier molecular flexibility index (Phi) is 5.86. The lowest BCUT2D eigenvalue weighted by atomic mass is 10.1. The lowest BCUT2D eigenvalue weighted by Gasteiger charge is -2.31. The molecule has 5 nitrogen and oxygen atoms in total. The van der Waals surface area contributed by atoms with Gasteiger partial charge in [-0.05, 0) is 29.8 Å². The number of aliphatic imine (C=N–C) groups is 1. The lowest BCUT2D eigenvalue weighted by Crippen LogP contribution is -2.58. The minimum absolute atomic E-state index is 0.156. The molecule has 1 heterocycles. The van der Waals surface area contributed by atoms with Crippen LogP contribution in [0.2, 0.25) is 0 Å². The molecule has 132 valence electrons. The minimum Gasteiger partial charge on any atom is -0.302 e. The van der Waals surface area contributed by atoms with Crippen LogP contribution < -0.4 is 5.32 Å². The molecular formula is C20H19N3O2S. The van der Waals surface area contributed by atoms with E-state index < -0.39 is 11.8 Å². The largest absolute Gasteiger partial charge is 0.302 e. The van der Waals surface area contributed by atoms with Gasteiger partial charge in [-0.2, -0.15) is 0 Å². The summed E-state index contributed by atoms with van der Waals surface area (Å²) in [5.41, 5.74) is 2.12. The van der Waals surface area contributed by atoms with Crippen LogP contribution in [0.5, 0.6) is 0 Å². The van der Waals surface area contributed by atoms with Crippen molar-refractivity contribution in [2.24, 2.45) is 10.9 Å². The SMILES string of the molecule is O=C1NC(=S)N(CCc2ccccc2)C(=O)[C@H]1C=NCc1ccccc1. The fourth-order valence-corrected chi connectivity index (χ4v) is 2.99. The second-order valence-electron chi connectivity index (χ2n) is 5.97. The van der Waals surface area contributed by atoms with Gasteiger partial charge in [-0.3, -0.25) is 19.5 Å². The Morgan fingerprint density at radius 3 is 2.27 bits per heavy atom. The van der Waals surface area contributed by atoms with E-state index in [0.717, 1.165) is 11.1 Å². The second kappa shape index (κ2) is 8.49. The maximum Gasteiger partial charge on any atom is 0.246 e. The third kappa shape index (κ3) is 4.40. The molecule has 2 amide bonds. The van der Waals surface area contributed by atoms with Gasteiger partial charge in [0.25, 0.3) is 0 Å². The Hall–Kier alpha value is -2.86. The highest BCUT2D eigenvalue weighted by molar-refractivity contribution is 7.80. The Morgan fingerprint density at radius 1 is 1.00 bits per heavy atom. The van der Waals surface area contributed by atoms with E-state index in [2.05, 4.69) is 10.3 Å². The summed E-state index contributed by atoms with van der Waals surface area (Å²) >= 11 is 5.17. The summed E-state index contributed by atoms with van der Waals surface area (Å²) in [6, 6.07) is 19.5. The van der Waals surface area contributed by atoms with Gasteiger partial charge in [0.2, 0.25) is 11.8 Å². The van der Waals surface area contributed by atoms with Crippen molar-refractivity contribution in [3.05, 3.63) is 71.8 Å². The van der Waals surface area contributed by atoms with Gasteiger partial charge in [0.05, 0.1) is 6.54 Å². The maximum absolute atomic E-state index is 12.7. The van der Waals surface area contributed by atoms with Gasteiger partial charge in [-0.25, -0.2) is 0 Å². The summed E-state index contributed by atoms with van der Waals surface area (Å²) in [7, 11) is 0. The fourth-order valence-electron chi connectivity index (χ4n) is 2.71. The molecule has 0 saturated carbocycles. The van der Waals surface area contributed by atoms with Crippen molar-refractivity contribution in [2.45, 2.75) is 13.0 Å². The molecule has 1 saturated heterocycles. The molecule has 0 aliphatic carbocycles. The Balaban J connectivity index is 1.65. The van der Waals surface area contributed by atoms with Crippen molar-refractivity contribution in [3.8, 4) is 0 Å². The van der Waals surface area contributed by atoms with Crippen LogP contribution in [-0.2, 0) is 22.6 Å². The van der Waals surface area contributed by atoms with Crippen LogP contribution in [0.25, 0.3) is 0 Å². The first-order chi connectivity index (χ1) is 12.6. The monoisotopic (exact) mass is 365 g/mol. The zero-order valence-electron chi connectivity index (χ0n) is 14.2. The van der Waals surface area contributed by atoms with E-state index in [1.165, 1.54) is 11.1 Å². The normalized spacial score (nSPS) is 17.6. The molecule has 2 aromatic rings. The van der Waals surface area contributed by atoms with Crippen LogP contribution in [0, 0.1) is 5.92 Å². The van der Waals surface area contributed by atoms with E-state index in [1.54, 1.807) is 0 Å². The van der Waals surface area contributed by atoms with Crippen LogP contribution in [-0.4, -0.2) is 34.6 Å². The van der Waals surface area contributed by atoms with Gasteiger partial charge in [0, 0.05) is 12.8 Å². The summed E-state index contributed by atoms with van der Waals surface area (Å²) in [4.78, 5) is 30.6. The number of nitrogens with one attached hydrogen (secondary N) is 1. The first-order valence-electron chi connectivity index (χ1n) is 8.39. The molecule has 0 unspecified atom stereocenters. The maximum atomic E-state index is 12.7. The average Bonchev–Trinajstić information content (AvgIpc) is 2.66. The third-order valence-corrected chi connectivity index (χ3v) is 4.45. The standard InChI is InChI=1S/C20H19N3O2S/c24-18-17(14-21-13-16-9-5-2-6-10-16)19(25)23(20(26)22-18)12-11-15-7-3-1-4-8-15/h1-10,14,17H,11-13H2,(H,22,24,26)/t17-/m0/s1. The molecule has 6 heteroatoms. The van der Waals surface area contributed by atoms with Crippen LogP contribution in [0.3, 0.4) is 0 Å². The highest BCUT2D eigenvalue weighted by Gasteiger charge is 2.37. The van der Waals surface area contributed by atoms with E-state index in [1.807, 2.05) is 60.7 Å². The number of benzene rings is 2. The van der Waals surface area contributed by atoms with E-state index >= 15 is 0 Å². The van der Waals surface area contributed by atoms with Gasteiger partial charge in [-0.15, -0.1) is 0 Å². The number of hydrogen-bond donors (Lipinski definition) is 1. The van der Waals surface area contributed by atoms with Crippen molar-refractivity contribution in [1.82, 2.24) is 10.2 Å². The molecule has 0 radical (unpaired) electrons. The fraction of sp³-hybridized carbons (Fsp3) is 0.200. The summed E-state index contributed by atoms with van der Waals surface area (Å²) < 4.78 is 0. The Morgan fingerprint density at radius 2 is 1.62 bits per heavy atom. The number of thiocarbonyl (C=S) groups is 1. The van der Waals surface area contributed by atoms with Gasteiger partial charge < -0.3 is 5.32 Å². The van der Waals surface area contributed by atoms with E-state index in [-0.39, 0.29) is 11.0 Å². The van der Waals surface area contributed by atoms with Crippen LogP contribution in [0.1, 0.15) is 11.1 Å². The molecule has 1 N–H and O–H groups in total. The van der Waals surface area contributed by atoms with Crippen LogP contribution in [0.15, 0.2) is 65.7 Å². The molecule has 0 bridgehead atoms. The molecular weight excluding hydrogens is 346 g/mol. The van der Waals surface area contributed by atoms with Crippen LogP contribution in [0.4, 0.5) is 0 Å². The number of rotatable bonds is 6. The molecule has 2 aromatic carbocycles. The number of carbonyl (C=O) groups excluding carboxylic acids is 2. The average molecular weight is 365 g/mol. The number of amides is 2. The summed E-state index contributed by atoms with van der Waals surface area (Å²) in [6.45, 7) is 0.845. The zero-order valence-corrected chi connectivity index (χ0v) is 15.0. The predicted octanol–water partition coefficient (Wildman–Crippen LogP) is 2.36. The molecule has 3 rings (SSSR count). The quantitative estimate of drug-likeness (QED) is 0.486. The molecule has 1 atom stereocenters. The minimum atomic E-state index is -0.943. The van der Waals surface area contributed by atoms with Gasteiger partial charge in [0.15, 0.2) is 11.0 Å². The first kappa shape index (κ1) is 17.9. The predicted molar refractivity (Wildman–Crippen MR) is 105 cm³/mol. The molecule has 1 aliphatic heterocycles. The van der Waals surface area contributed by atoms with Crippen molar-refractivity contribution in [2.75, 3.05) is 6.54 Å². The van der Waals surface area contributed by atoms with Gasteiger partial charge in [0.1, 0.15) is 0 Å². The lowest BCUT2D eigenvalue weighted by molar-refractivity contribution is -0.137. The second-order valence-corrected chi connectivity index (χ2v) is 6.36. The summed E-state index contributed by atoms with van der Waals surface area (Å²) in [6.07, 6.45) is 2.08. The Bertz CT molecular complexity index is 821. The Labute approximate surface area is 157 Å². The summed E-state index contributed by atoms with van der Waals surface area (Å²) in [5.74, 6) is -1.69. The smallest absolute Gasteiger partial charge is 0.246 e. The van der Waals surface area contributed by atoms with Crippen molar-refractivity contribution in [1.29, 1.82) is 0 Å². The molecule has 26 heavy (non-hydrogen) atoms. The van der Waals surface area contributed by atoms with Crippen molar-refractivity contribution >= 4 is 35.4 Å². The van der Waals surface area contributed by atoms with E-state index in [9.17, 15) is 9.59 Å². The highest BCUT2D eigenvalue weighted by atomic mass is 32.1. The van der Waals surface area contributed by atoms with Crippen molar-refractivity contribution in [3.63, 3.8) is 0 Å². The first-order valence-corrected chi connectivity index (χ1v) is 8.80. The van der Waals surface area contributed by atoms with Crippen molar-refractivity contribution < 1.29 is 9.59 Å². The van der Waals surface area contributed by atoms with E-state index in [4.69, 9.17) is 12.2 Å². The van der Waals surface area contributed by atoms with Gasteiger partial charge >= 0.3 is 0 Å². The number of nitrogens with zero attached hydrogens (tertiary/aromatic N) is 2. The van der Waals surface area contributed by atoms with Crippen LogP contribution >= 0.6 is 12.2 Å². The topological polar surface area (TPSA) is 61.8 Å². The number of hydrogen-bond acceptors (Lipinski definition) is 4. The molecule has 0 spiro atoms. The molecule has 0 aromatic heterocycles. The third-order valence-electron chi connectivity index (χ3n) is 4.13.